The molecule has 4 nitrogen and oxygen atoms in total. The molecule has 1 N–H and O–H groups in total. The second kappa shape index (κ2) is 9.08. The summed E-state index contributed by atoms with van der Waals surface area (Å²) in [6, 6.07) is 0. The fourth-order valence-corrected chi connectivity index (χ4v) is 2.58. The number of nitrogens with zero attached hydrogens (tertiary/aromatic N) is 2. The van der Waals surface area contributed by atoms with E-state index in [-0.39, 0.29) is 0 Å². The molecular formula is C17H31N3O. The number of likely N-dealkylation sites (N-methyl/N-ethyl adjacent to an activating group) is 1. The summed E-state index contributed by atoms with van der Waals surface area (Å²) in [5.74, 6) is 1.85. The summed E-state index contributed by atoms with van der Waals surface area (Å²) in [6.45, 7) is 6.56. The number of allylic oxidation sites excluding steroid dienone is 1. The standard InChI is InChI=1S/C17H31N3O/c1-3-18-17(19-11-10-15-6-4-5-7-15)20(2)12-13-21-14-16-8-9-16/h6,16H,3-5,7-14H2,1-2H3,(H,18,19). The molecule has 0 bridgehead atoms. The Bertz CT molecular complexity index is 361. The second-order valence-corrected chi connectivity index (χ2v) is 6.18. The number of ether oxygens (including phenoxy) is 1. The lowest BCUT2D eigenvalue weighted by Crippen LogP contribution is -2.40. The number of nitrogens with one attached hydrogen (secondary N) is 1. The fraction of sp³-hybridized carbons (Fsp3) is 0.824. The van der Waals surface area contributed by atoms with Crippen LogP contribution in [0.4, 0.5) is 0 Å². The minimum Gasteiger partial charge on any atom is -0.379 e. The lowest BCUT2D eigenvalue weighted by atomic mass is 10.2. The summed E-state index contributed by atoms with van der Waals surface area (Å²) in [5, 5.41) is 3.37. The van der Waals surface area contributed by atoms with Gasteiger partial charge in [0.15, 0.2) is 5.96 Å². The van der Waals surface area contributed by atoms with Crippen molar-refractivity contribution in [2.75, 3.05) is 39.9 Å². The van der Waals surface area contributed by atoms with Gasteiger partial charge in [-0.05, 0) is 51.4 Å². The molecule has 0 unspecified atom stereocenters. The van der Waals surface area contributed by atoms with Gasteiger partial charge in [-0.2, -0.15) is 0 Å². The van der Waals surface area contributed by atoms with E-state index >= 15 is 0 Å². The van der Waals surface area contributed by atoms with E-state index < -0.39 is 0 Å². The maximum absolute atomic E-state index is 5.71. The first-order valence-corrected chi connectivity index (χ1v) is 8.54. The number of rotatable bonds is 9. The predicted molar refractivity (Wildman–Crippen MR) is 88.7 cm³/mol. The van der Waals surface area contributed by atoms with Gasteiger partial charge < -0.3 is 15.0 Å². The monoisotopic (exact) mass is 293 g/mol. The molecule has 120 valence electrons. The zero-order valence-corrected chi connectivity index (χ0v) is 13.7. The summed E-state index contributed by atoms with van der Waals surface area (Å²) >= 11 is 0. The molecular weight excluding hydrogens is 262 g/mol. The highest BCUT2D eigenvalue weighted by Crippen LogP contribution is 2.28. The Morgan fingerprint density at radius 3 is 3.00 bits per heavy atom. The molecule has 2 aliphatic rings. The van der Waals surface area contributed by atoms with Crippen molar-refractivity contribution < 1.29 is 4.74 Å². The third kappa shape index (κ3) is 6.51. The quantitative estimate of drug-likeness (QED) is 0.307. The molecule has 0 amide bonds. The highest BCUT2D eigenvalue weighted by Gasteiger charge is 2.21. The molecule has 0 aliphatic heterocycles. The van der Waals surface area contributed by atoms with Crippen molar-refractivity contribution in [1.82, 2.24) is 10.2 Å². The van der Waals surface area contributed by atoms with Crippen LogP contribution in [0.2, 0.25) is 0 Å². The van der Waals surface area contributed by atoms with Gasteiger partial charge in [-0.3, -0.25) is 4.99 Å². The molecule has 4 heteroatoms. The van der Waals surface area contributed by atoms with Gasteiger partial charge in [0.2, 0.25) is 0 Å². The highest BCUT2D eigenvalue weighted by atomic mass is 16.5. The summed E-state index contributed by atoms with van der Waals surface area (Å²) in [6.07, 6.45) is 10.1. The Balaban J connectivity index is 1.66. The number of guanidine groups is 1. The van der Waals surface area contributed by atoms with Crippen molar-refractivity contribution >= 4 is 5.96 Å². The third-order valence-corrected chi connectivity index (χ3v) is 4.15. The molecule has 0 aromatic heterocycles. The maximum atomic E-state index is 5.71. The smallest absolute Gasteiger partial charge is 0.193 e. The Labute approximate surface area is 129 Å². The van der Waals surface area contributed by atoms with E-state index in [0.717, 1.165) is 51.1 Å². The molecule has 1 saturated carbocycles. The highest BCUT2D eigenvalue weighted by molar-refractivity contribution is 5.79. The SMILES string of the molecule is CCNC(=NCCC1=CCCC1)N(C)CCOCC1CC1. The first-order chi connectivity index (χ1) is 10.3. The number of hydrogen-bond acceptors (Lipinski definition) is 2. The molecule has 0 spiro atoms. The first-order valence-electron chi connectivity index (χ1n) is 8.54. The molecule has 0 saturated heterocycles. The van der Waals surface area contributed by atoms with Crippen molar-refractivity contribution in [3.05, 3.63) is 11.6 Å². The van der Waals surface area contributed by atoms with Gasteiger partial charge in [-0.1, -0.05) is 11.6 Å². The van der Waals surface area contributed by atoms with Gasteiger partial charge >= 0.3 is 0 Å². The number of hydrogen-bond donors (Lipinski definition) is 1. The first kappa shape index (κ1) is 16.3. The largest absolute Gasteiger partial charge is 0.379 e. The molecule has 21 heavy (non-hydrogen) atoms. The van der Waals surface area contributed by atoms with Gasteiger partial charge in [-0.15, -0.1) is 0 Å². The van der Waals surface area contributed by atoms with Crippen molar-refractivity contribution in [2.45, 2.75) is 45.4 Å². The summed E-state index contributed by atoms with van der Waals surface area (Å²) in [5.41, 5.74) is 1.59. The van der Waals surface area contributed by atoms with Crippen molar-refractivity contribution in [3.8, 4) is 0 Å². The van der Waals surface area contributed by atoms with E-state index in [9.17, 15) is 0 Å². The Kier molecular flexibility index (Phi) is 7.07. The van der Waals surface area contributed by atoms with Crippen LogP contribution in [0.3, 0.4) is 0 Å². The van der Waals surface area contributed by atoms with Gasteiger partial charge in [0.25, 0.3) is 0 Å². The molecule has 1 fully saturated rings. The summed E-state index contributed by atoms with van der Waals surface area (Å²) < 4.78 is 5.71. The van der Waals surface area contributed by atoms with Crippen molar-refractivity contribution in [2.24, 2.45) is 10.9 Å². The van der Waals surface area contributed by atoms with E-state index in [2.05, 4.69) is 30.3 Å². The molecule has 2 rings (SSSR count). The lowest BCUT2D eigenvalue weighted by Gasteiger charge is -2.22. The molecule has 0 heterocycles. The second-order valence-electron chi connectivity index (χ2n) is 6.18. The van der Waals surface area contributed by atoms with Crippen LogP contribution in [0, 0.1) is 5.92 Å². The van der Waals surface area contributed by atoms with Gasteiger partial charge in [0.1, 0.15) is 0 Å². The molecule has 0 atom stereocenters. The zero-order valence-electron chi connectivity index (χ0n) is 13.7. The topological polar surface area (TPSA) is 36.9 Å². The van der Waals surface area contributed by atoms with Crippen molar-refractivity contribution in [3.63, 3.8) is 0 Å². The minimum absolute atomic E-state index is 0.794. The predicted octanol–water partition coefficient (Wildman–Crippen LogP) is 2.81. The van der Waals surface area contributed by atoms with Crippen LogP contribution in [0.25, 0.3) is 0 Å². The average Bonchev–Trinajstić information content (AvgIpc) is 3.17. The molecule has 2 aliphatic carbocycles. The maximum Gasteiger partial charge on any atom is 0.193 e. The van der Waals surface area contributed by atoms with Gasteiger partial charge in [0.05, 0.1) is 6.61 Å². The Hall–Kier alpha value is -1.03. The van der Waals surface area contributed by atoms with E-state index in [1.54, 1.807) is 5.57 Å². The van der Waals surface area contributed by atoms with Gasteiger partial charge in [0, 0.05) is 33.3 Å². The zero-order chi connectivity index (χ0) is 14.9. The van der Waals surface area contributed by atoms with E-state index in [4.69, 9.17) is 9.73 Å². The Morgan fingerprint density at radius 2 is 2.33 bits per heavy atom. The normalized spacial score (nSPS) is 18.8. The average molecular weight is 293 g/mol. The third-order valence-electron chi connectivity index (χ3n) is 4.15. The molecule has 0 radical (unpaired) electrons. The summed E-state index contributed by atoms with van der Waals surface area (Å²) in [7, 11) is 2.09. The lowest BCUT2D eigenvalue weighted by molar-refractivity contribution is 0.115. The van der Waals surface area contributed by atoms with Crippen LogP contribution in [0.1, 0.15) is 45.4 Å². The van der Waals surface area contributed by atoms with E-state index in [1.165, 1.54) is 32.1 Å². The van der Waals surface area contributed by atoms with E-state index in [1.807, 2.05) is 0 Å². The fourth-order valence-electron chi connectivity index (χ4n) is 2.58. The van der Waals surface area contributed by atoms with Crippen LogP contribution in [-0.2, 0) is 4.74 Å². The van der Waals surface area contributed by atoms with Crippen LogP contribution in [0.5, 0.6) is 0 Å². The van der Waals surface area contributed by atoms with Crippen LogP contribution < -0.4 is 5.32 Å². The summed E-state index contributed by atoms with van der Waals surface area (Å²) in [4.78, 5) is 6.92. The molecule has 0 aromatic carbocycles. The van der Waals surface area contributed by atoms with Gasteiger partial charge in [-0.25, -0.2) is 0 Å². The van der Waals surface area contributed by atoms with E-state index in [0.29, 0.717) is 0 Å². The molecule has 0 aromatic rings. The Morgan fingerprint density at radius 1 is 1.48 bits per heavy atom. The van der Waals surface area contributed by atoms with Crippen molar-refractivity contribution in [1.29, 1.82) is 0 Å². The van der Waals surface area contributed by atoms with Crippen LogP contribution in [-0.4, -0.2) is 50.8 Å². The number of aliphatic imine (C=N–C) groups is 1. The minimum atomic E-state index is 0.794. The van der Waals surface area contributed by atoms with Crippen LogP contribution in [0.15, 0.2) is 16.6 Å². The van der Waals surface area contributed by atoms with Crippen LogP contribution >= 0.6 is 0 Å².